The molecule has 0 unspecified atom stereocenters. The molecule has 0 aromatic heterocycles. The van der Waals surface area contributed by atoms with Gasteiger partial charge in [-0.2, -0.15) is 0 Å². The van der Waals surface area contributed by atoms with E-state index >= 15 is 0 Å². The molecule has 1 amide bonds. The molecule has 1 fully saturated rings. The number of benzene rings is 3. The van der Waals surface area contributed by atoms with Crippen molar-refractivity contribution in [3.05, 3.63) is 112 Å². The third-order valence-electron chi connectivity index (χ3n) is 6.62. The number of nitrogens with zero attached hydrogens (tertiary/aromatic N) is 1. The van der Waals surface area contributed by atoms with Crippen LogP contribution in [0.4, 0.5) is 5.69 Å². The number of anilines is 1. The van der Waals surface area contributed by atoms with Crippen LogP contribution in [-0.4, -0.2) is 30.4 Å². The van der Waals surface area contributed by atoms with Crippen LogP contribution in [0.25, 0.3) is 23.8 Å². The van der Waals surface area contributed by atoms with Gasteiger partial charge >= 0.3 is 0 Å². The summed E-state index contributed by atoms with van der Waals surface area (Å²) in [5.41, 5.74) is 10.3. The molecule has 1 aliphatic carbocycles. The van der Waals surface area contributed by atoms with Crippen LogP contribution in [0, 0.1) is 0 Å². The van der Waals surface area contributed by atoms with Crippen molar-refractivity contribution in [1.29, 1.82) is 0 Å². The summed E-state index contributed by atoms with van der Waals surface area (Å²) in [6, 6.07) is 25.5. The van der Waals surface area contributed by atoms with Crippen LogP contribution in [0.2, 0.25) is 0 Å². The van der Waals surface area contributed by atoms with Gasteiger partial charge in [0, 0.05) is 32.2 Å². The number of hydrogen-bond donors (Lipinski definition) is 1. The largest absolute Gasteiger partial charge is 0.326 e. The molecular weight excluding hydrogens is 487 g/mol. The van der Waals surface area contributed by atoms with E-state index in [1.165, 1.54) is 34.8 Å². The van der Waals surface area contributed by atoms with E-state index in [1.807, 2.05) is 24.3 Å². The first-order valence-electron chi connectivity index (χ1n) is 12.0. The Morgan fingerprint density at radius 3 is 1.94 bits per heavy atom. The minimum absolute atomic E-state index is 0. The topological polar surface area (TPSA) is 32.3 Å². The van der Waals surface area contributed by atoms with Gasteiger partial charge < -0.3 is 5.32 Å². The molecule has 5 heteroatoms. The highest BCUT2D eigenvalue weighted by atomic mass is 35.5. The van der Waals surface area contributed by atoms with Crippen LogP contribution in [0.5, 0.6) is 0 Å². The Morgan fingerprint density at radius 2 is 1.39 bits per heavy atom. The van der Waals surface area contributed by atoms with Crippen molar-refractivity contribution in [3.63, 3.8) is 0 Å². The van der Waals surface area contributed by atoms with Gasteiger partial charge in [-0.1, -0.05) is 90.5 Å². The molecule has 0 spiro atoms. The van der Waals surface area contributed by atoms with Crippen LogP contribution >= 0.6 is 24.8 Å². The van der Waals surface area contributed by atoms with Crippen molar-refractivity contribution in [2.45, 2.75) is 19.8 Å². The second-order valence-electron chi connectivity index (χ2n) is 8.99. The van der Waals surface area contributed by atoms with Gasteiger partial charge in [0.05, 0.1) is 0 Å². The van der Waals surface area contributed by atoms with Gasteiger partial charge in [0.2, 0.25) is 5.91 Å². The summed E-state index contributed by atoms with van der Waals surface area (Å²) in [6.07, 6.45) is 11.1. The first-order valence-corrected chi connectivity index (χ1v) is 12.0. The van der Waals surface area contributed by atoms with Crippen LogP contribution < -0.4 is 5.32 Å². The van der Waals surface area contributed by atoms with Crippen molar-refractivity contribution >= 4 is 60.2 Å². The highest BCUT2D eigenvalue weighted by molar-refractivity contribution is 5.95. The maximum Gasteiger partial charge on any atom is 0.221 e. The first kappa shape index (κ1) is 27.5. The fourth-order valence-corrected chi connectivity index (χ4v) is 4.92. The molecule has 186 valence electrons. The zero-order valence-corrected chi connectivity index (χ0v) is 22.1. The monoisotopic (exact) mass is 518 g/mol. The Balaban J connectivity index is 0.00000180. The molecule has 0 radical (unpaired) electrons. The molecule has 5 rings (SSSR count). The number of likely N-dealkylation sites (tertiary alicyclic amines) is 1. The molecule has 36 heavy (non-hydrogen) atoms. The number of carbonyl (C=O) groups is 1. The number of fused-ring (bicyclic) bond motifs is 2. The minimum Gasteiger partial charge on any atom is -0.326 e. The molecule has 0 atom stereocenters. The number of piperidine rings is 1. The molecule has 0 saturated carbocycles. The normalized spacial score (nSPS) is 14.8. The number of rotatable bonds is 4. The van der Waals surface area contributed by atoms with Crippen LogP contribution in [-0.2, 0) is 4.79 Å². The molecule has 3 nitrogen and oxygen atoms in total. The van der Waals surface area contributed by atoms with Crippen molar-refractivity contribution in [2.75, 3.05) is 25.0 Å². The molecular formula is C31H32Cl2N2O. The third kappa shape index (κ3) is 6.36. The second-order valence-corrected chi connectivity index (χ2v) is 8.99. The van der Waals surface area contributed by atoms with E-state index in [1.54, 1.807) is 5.57 Å². The highest BCUT2D eigenvalue weighted by Crippen LogP contribution is 2.38. The van der Waals surface area contributed by atoms with E-state index in [4.69, 9.17) is 0 Å². The van der Waals surface area contributed by atoms with Crippen molar-refractivity contribution in [1.82, 2.24) is 4.90 Å². The number of amides is 1. The summed E-state index contributed by atoms with van der Waals surface area (Å²) in [5, 5.41) is 2.81. The van der Waals surface area contributed by atoms with Gasteiger partial charge in [-0.25, -0.2) is 0 Å². The minimum atomic E-state index is -0.0465. The van der Waals surface area contributed by atoms with Crippen molar-refractivity contribution < 1.29 is 4.79 Å². The molecule has 3 aromatic carbocycles. The lowest BCUT2D eigenvalue weighted by Crippen LogP contribution is -2.31. The zero-order chi connectivity index (χ0) is 23.3. The summed E-state index contributed by atoms with van der Waals surface area (Å²) >= 11 is 0. The van der Waals surface area contributed by atoms with E-state index < -0.39 is 0 Å². The van der Waals surface area contributed by atoms with Gasteiger partial charge in [0.1, 0.15) is 0 Å². The second kappa shape index (κ2) is 12.7. The van der Waals surface area contributed by atoms with Crippen LogP contribution in [0.1, 0.15) is 47.6 Å². The Morgan fingerprint density at radius 1 is 0.833 bits per heavy atom. The lowest BCUT2D eigenvalue weighted by atomic mass is 9.86. The van der Waals surface area contributed by atoms with Gasteiger partial charge in [-0.15, -0.1) is 24.8 Å². The molecule has 3 aromatic rings. The standard InChI is InChI=1S/C31H30N2O.2ClH/c1-23(34)32-28-16-12-24(13-17-28)7-6-20-33-21-18-27(19-22-33)31-29-10-4-2-8-25(29)14-15-26-9-3-5-11-30(26)31;;/h2-17H,18-22H2,1H3,(H,32,34);2*1H/b7-6+;;. The fraction of sp³-hybridized carbons (Fsp3) is 0.194. The van der Waals surface area contributed by atoms with Crippen LogP contribution in [0.15, 0.2) is 84.4 Å². The quantitative estimate of drug-likeness (QED) is 0.301. The van der Waals surface area contributed by atoms with Crippen LogP contribution in [0.3, 0.4) is 0 Å². The van der Waals surface area contributed by atoms with Gasteiger partial charge in [0.25, 0.3) is 0 Å². The Hall–Kier alpha value is -3.11. The third-order valence-corrected chi connectivity index (χ3v) is 6.62. The summed E-state index contributed by atoms with van der Waals surface area (Å²) in [6.45, 7) is 4.62. The summed E-state index contributed by atoms with van der Waals surface area (Å²) in [5.74, 6) is -0.0465. The zero-order valence-electron chi connectivity index (χ0n) is 20.4. The smallest absolute Gasteiger partial charge is 0.221 e. The predicted molar refractivity (Wildman–Crippen MR) is 158 cm³/mol. The SMILES string of the molecule is CC(=O)Nc1ccc(/C=C/CN2CCC(=C3c4ccccc4C=Cc4ccccc43)CC2)cc1.Cl.Cl. The summed E-state index contributed by atoms with van der Waals surface area (Å²) in [4.78, 5) is 13.7. The van der Waals surface area contributed by atoms with Gasteiger partial charge in [-0.05, 0) is 58.4 Å². The van der Waals surface area contributed by atoms with E-state index in [9.17, 15) is 4.79 Å². The van der Waals surface area contributed by atoms with Gasteiger partial charge in [0.15, 0.2) is 0 Å². The molecule has 1 N–H and O–H groups in total. The summed E-state index contributed by atoms with van der Waals surface area (Å²) < 4.78 is 0. The fourth-order valence-electron chi connectivity index (χ4n) is 4.92. The van der Waals surface area contributed by atoms with E-state index in [0.29, 0.717) is 0 Å². The molecule has 1 aliphatic heterocycles. The Labute approximate surface area is 226 Å². The molecule has 1 saturated heterocycles. The number of carbonyl (C=O) groups excluding carboxylic acids is 1. The predicted octanol–water partition coefficient (Wildman–Crippen LogP) is 7.58. The molecule has 0 bridgehead atoms. The Kier molecular flexibility index (Phi) is 9.72. The average Bonchev–Trinajstić information content (AvgIpc) is 3.02. The molecule has 1 heterocycles. The lowest BCUT2D eigenvalue weighted by molar-refractivity contribution is -0.114. The van der Waals surface area contributed by atoms with Gasteiger partial charge in [-0.3, -0.25) is 9.69 Å². The lowest BCUT2D eigenvalue weighted by Gasteiger charge is -2.29. The number of hydrogen-bond acceptors (Lipinski definition) is 2. The van der Waals surface area contributed by atoms with Crippen molar-refractivity contribution in [2.24, 2.45) is 0 Å². The molecule has 2 aliphatic rings. The van der Waals surface area contributed by atoms with E-state index in [-0.39, 0.29) is 30.7 Å². The summed E-state index contributed by atoms with van der Waals surface area (Å²) in [7, 11) is 0. The maximum absolute atomic E-state index is 11.2. The van der Waals surface area contributed by atoms with E-state index in [2.05, 4.69) is 83.1 Å². The van der Waals surface area contributed by atoms with E-state index in [0.717, 1.165) is 43.7 Å². The maximum atomic E-state index is 11.2. The first-order chi connectivity index (χ1) is 16.7. The number of nitrogens with one attached hydrogen (secondary N) is 1. The number of halogens is 2. The average molecular weight is 520 g/mol. The Bertz CT molecular complexity index is 1230. The highest BCUT2D eigenvalue weighted by Gasteiger charge is 2.22. The van der Waals surface area contributed by atoms with Crippen molar-refractivity contribution in [3.8, 4) is 0 Å².